The molecule has 0 bridgehead atoms. The molecule has 0 unspecified atom stereocenters. The monoisotopic (exact) mass is 486 g/mol. The highest BCUT2D eigenvalue weighted by atomic mass is 32.1. The molecule has 2 heterocycles. The van der Waals surface area contributed by atoms with E-state index in [0.29, 0.717) is 0 Å². The van der Waals surface area contributed by atoms with E-state index in [0.717, 1.165) is 43.2 Å². The molecule has 4 heteroatoms. The lowest BCUT2D eigenvalue weighted by Crippen LogP contribution is -2.11. The summed E-state index contributed by atoms with van der Waals surface area (Å²) in [5.74, 6) is 0.246. The Morgan fingerprint density at radius 3 is 2.36 bits per heavy atom. The first-order chi connectivity index (χ1) is 17.4. The summed E-state index contributed by atoms with van der Waals surface area (Å²) in [6.45, 7) is 6.68. The Labute approximate surface area is 214 Å². The molecule has 3 nitrogen and oxygen atoms in total. The minimum absolute atomic E-state index is 0.0446. The average Bonchev–Trinajstić information content (AvgIpc) is 3.32. The van der Waals surface area contributed by atoms with E-state index in [1.807, 2.05) is 24.4 Å². The molecule has 2 aromatic heterocycles. The minimum atomic E-state index is 0.0446. The van der Waals surface area contributed by atoms with Gasteiger partial charge >= 0.3 is 0 Å². The zero-order valence-corrected chi connectivity index (χ0v) is 21.3. The lowest BCUT2D eigenvalue weighted by atomic mass is 9.86. The van der Waals surface area contributed by atoms with E-state index in [2.05, 4.69) is 87.5 Å². The molecule has 36 heavy (non-hydrogen) atoms. The molecule has 0 aliphatic carbocycles. The van der Waals surface area contributed by atoms with Crippen LogP contribution in [0.3, 0.4) is 0 Å². The van der Waals surface area contributed by atoms with E-state index in [1.165, 1.54) is 16.3 Å². The molecule has 0 atom stereocenters. The summed E-state index contributed by atoms with van der Waals surface area (Å²) in [4.78, 5) is 9.76. The van der Waals surface area contributed by atoms with E-state index in [-0.39, 0.29) is 11.2 Å². The third-order valence-electron chi connectivity index (χ3n) is 6.63. The van der Waals surface area contributed by atoms with E-state index in [4.69, 9.17) is 9.97 Å². The minimum Gasteiger partial charge on any atom is -0.507 e. The van der Waals surface area contributed by atoms with Crippen molar-refractivity contribution in [1.82, 2.24) is 9.97 Å². The molecule has 0 aliphatic heterocycles. The van der Waals surface area contributed by atoms with Crippen LogP contribution in [0, 0.1) is 0 Å². The number of phenolic OH excluding ortho intramolecular Hbond substituents is 1. The zero-order valence-electron chi connectivity index (χ0n) is 20.5. The molecular weight excluding hydrogens is 460 g/mol. The Kier molecular flexibility index (Phi) is 5.35. The number of para-hydroxylation sites is 2. The number of hydrogen-bond acceptors (Lipinski definition) is 4. The molecule has 0 radical (unpaired) electrons. The van der Waals surface area contributed by atoms with Crippen molar-refractivity contribution in [3.05, 3.63) is 103 Å². The third-order valence-corrected chi connectivity index (χ3v) is 7.68. The van der Waals surface area contributed by atoms with Gasteiger partial charge in [0.05, 0.1) is 21.5 Å². The first-order valence-electron chi connectivity index (χ1n) is 12.1. The molecule has 6 rings (SSSR count). The van der Waals surface area contributed by atoms with Crippen molar-refractivity contribution >= 4 is 32.3 Å². The smallest absolute Gasteiger partial charge is 0.128 e. The average molecular weight is 487 g/mol. The van der Waals surface area contributed by atoms with Crippen molar-refractivity contribution in [3.8, 4) is 38.7 Å². The standard InChI is InChI=1S/C32H26N2OS/c1-32(2,3)22-15-16-33-27(19-22)21-17-20-9-4-5-10-23(20)26(18-21)24-12-8-14-29-30(24)34-31(36-29)25-11-6-7-13-28(25)35/h4-19,35H,1-3H3. The SMILES string of the molecule is CC(C)(C)c1ccnc(-c2cc(-c3cccc4sc(-c5ccccc5O)nc34)c3ccccc3c2)c1. The van der Waals surface area contributed by atoms with Gasteiger partial charge < -0.3 is 5.11 Å². The van der Waals surface area contributed by atoms with Crippen LogP contribution in [0.1, 0.15) is 26.3 Å². The lowest BCUT2D eigenvalue weighted by Gasteiger charge is -2.19. The van der Waals surface area contributed by atoms with E-state index < -0.39 is 0 Å². The van der Waals surface area contributed by atoms with Gasteiger partial charge in [0.2, 0.25) is 0 Å². The van der Waals surface area contributed by atoms with Crippen LogP contribution in [0.4, 0.5) is 0 Å². The van der Waals surface area contributed by atoms with Crippen LogP contribution >= 0.6 is 11.3 Å². The fraction of sp³-hybridized carbons (Fsp3) is 0.125. The topological polar surface area (TPSA) is 46.0 Å². The van der Waals surface area contributed by atoms with Crippen LogP contribution < -0.4 is 0 Å². The second kappa shape index (κ2) is 8.58. The summed E-state index contributed by atoms with van der Waals surface area (Å²) in [7, 11) is 0. The normalized spacial score (nSPS) is 11.9. The van der Waals surface area contributed by atoms with Gasteiger partial charge in [-0.05, 0) is 69.8 Å². The number of rotatable bonds is 3. The summed E-state index contributed by atoms with van der Waals surface area (Å²) < 4.78 is 1.09. The van der Waals surface area contributed by atoms with Crippen LogP contribution in [-0.4, -0.2) is 15.1 Å². The maximum atomic E-state index is 10.4. The first-order valence-corrected chi connectivity index (χ1v) is 12.9. The number of pyridine rings is 1. The van der Waals surface area contributed by atoms with Crippen molar-refractivity contribution in [2.45, 2.75) is 26.2 Å². The van der Waals surface area contributed by atoms with Crippen LogP contribution in [0.25, 0.3) is 53.9 Å². The summed E-state index contributed by atoms with van der Waals surface area (Å²) in [5, 5.41) is 13.6. The Hall–Kier alpha value is -4.02. The summed E-state index contributed by atoms with van der Waals surface area (Å²) in [5.41, 5.74) is 7.27. The maximum absolute atomic E-state index is 10.4. The molecule has 0 aliphatic rings. The van der Waals surface area contributed by atoms with E-state index >= 15 is 0 Å². The molecule has 0 saturated heterocycles. The molecule has 4 aromatic carbocycles. The highest BCUT2D eigenvalue weighted by Crippen LogP contribution is 2.41. The van der Waals surface area contributed by atoms with Crippen molar-refractivity contribution in [1.29, 1.82) is 0 Å². The number of hydrogen-bond donors (Lipinski definition) is 1. The molecule has 0 saturated carbocycles. The number of aromatic nitrogens is 2. The van der Waals surface area contributed by atoms with Gasteiger partial charge in [-0.3, -0.25) is 4.98 Å². The van der Waals surface area contributed by atoms with Crippen LogP contribution in [0.15, 0.2) is 97.2 Å². The van der Waals surface area contributed by atoms with Gasteiger partial charge in [0, 0.05) is 17.3 Å². The predicted octanol–water partition coefficient (Wildman–Crippen LogP) is 8.85. The van der Waals surface area contributed by atoms with Gasteiger partial charge in [0.25, 0.3) is 0 Å². The lowest BCUT2D eigenvalue weighted by molar-refractivity contribution is 0.477. The van der Waals surface area contributed by atoms with Crippen LogP contribution in [0.2, 0.25) is 0 Å². The molecule has 176 valence electrons. The Morgan fingerprint density at radius 2 is 1.53 bits per heavy atom. The molecule has 0 spiro atoms. The molecule has 6 aromatic rings. The maximum Gasteiger partial charge on any atom is 0.128 e. The predicted molar refractivity (Wildman–Crippen MR) is 152 cm³/mol. The number of fused-ring (bicyclic) bond motifs is 2. The largest absolute Gasteiger partial charge is 0.507 e. The molecular formula is C32H26N2OS. The number of benzene rings is 4. The quantitative estimate of drug-likeness (QED) is 0.272. The summed E-state index contributed by atoms with van der Waals surface area (Å²) in [6, 6.07) is 31.0. The van der Waals surface area contributed by atoms with Crippen molar-refractivity contribution in [2.75, 3.05) is 0 Å². The van der Waals surface area contributed by atoms with Crippen molar-refractivity contribution < 1.29 is 5.11 Å². The Balaban J connectivity index is 1.59. The fourth-order valence-corrected chi connectivity index (χ4v) is 5.70. The zero-order chi connectivity index (χ0) is 24.9. The first kappa shape index (κ1) is 22.4. The summed E-state index contributed by atoms with van der Waals surface area (Å²) >= 11 is 1.60. The van der Waals surface area contributed by atoms with E-state index in [9.17, 15) is 5.11 Å². The van der Waals surface area contributed by atoms with Crippen molar-refractivity contribution in [3.63, 3.8) is 0 Å². The van der Waals surface area contributed by atoms with Gasteiger partial charge in [-0.2, -0.15) is 0 Å². The van der Waals surface area contributed by atoms with Gasteiger partial charge in [0.15, 0.2) is 0 Å². The summed E-state index contributed by atoms with van der Waals surface area (Å²) in [6.07, 6.45) is 1.91. The second-order valence-corrected chi connectivity index (χ2v) is 11.1. The number of nitrogens with zero attached hydrogens (tertiary/aromatic N) is 2. The van der Waals surface area contributed by atoms with Gasteiger partial charge in [-0.1, -0.05) is 69.3 Å². The van der Waals surface area contributed by atoms with Gasteiger partial charge in [-0.25, -0.2) is 4.98 Å². The third kappa shape index (κ3) is 3.94. The highest BCUT2D eigenvalue weighted by molar-refractivity contribution is 7.21. The fourth-order valence-electron chi connectivity index (χ4n) is 4.67. The van der Waals surface area contributed by atoms with Crippen LogP contribution in [-0.2, 0) is 5.41 Å². The molecule has 0 fully saturated rings. The highest BCUT2D eigenvalue weighted by Gasteiger charge is 2.18. The Bertz CT molecular complexity index is 1740. The van der Waals surface area contributed by atoms with E-state index in [1.54, 1.807) is 17.4 Å². The van der Waals surface area contributed by atoms with Gasteiger partial charge in [-0.15, -0.1) is 11.3 Å². The number of phenols is 1. The number of thiazole rings is 1. The van der Waals surface area contributed by atoms with Crippen LogP contribution in [0.5, 0.6) is 5.75 Å². The second-order valence-electron chi connectivity index (χ2n) is 10.1. The van der Waals surface area contributed by atoms with Gasteiger partial charge in [0.1, 0.15) is 10.8 Å². The Morgan fingerprint density at radius 1 is 0.750 bits per heavy atom. The molecule has 0 amide bonds. The van der Waals surface area contributed by atoms with Crippen molar-refractivity contribution in [2.24, 2.45) is 0 Å². The number of aromatic hydroxyl groups is 1. The molecule has 1 N–H and O–H groups in total.